The van der Waals surface area contributed by atoms with Crippen LogP contribution < -0.4 is 4.57 Å². The first-order chi connectivity index (χ1) is 8.67. The van der Waals surface area contributed by atoms with E-state index < -0.39 is 0 Å². The number of hydrogen-bond acceptors (Lipinski definition) is 2. The number of aromatic nitrogens is 2. The molecule has 1 aromatic heterocycles. The van der Waals surface area contributed by atoms with Crippen molar-refractivity contribution in [2.75, 3.05) is 7.11 Å². The summed E-state index contributed by atoms with van der Waals surface area (Å²) in [5.74, 6) is -0.142. The van der Waals surface area contributed by atoms with Crippen LogP contribution in [0.3, 0.4) is 0 Å². The average Bonchev–Trinajstić information content (AvgIpc) is 2.72. The van der Waals surface area contributed by atoms with Crippen molar-refractivity contribution in [3.63, 3.8) is 0 Å². The number of rotatable bonds is 8. The Morgan fingerprint density at radius 2 is 2.17 bits per heavy atom. The minimum absolute atomic E-state index is 0.142. The highest BCUT2D eigenvalue weighted by Crippen LogP contribution is 2.07. The molecule has 18 heavy (non-hydrogen) atoms. The van der Waals surface area contributed by atoms with Gasteiger partial charge in [-0.1, -0.05) is 19.8 Å². The molecule has 1 aromatic rings. The zero-order chi connectivity index (χ0) is 13.4. The lowest BCUT2D eigenvalue weighted by atomic mass is 10.2. The van der Waals surface area contributed by atoms with Gasteiger partial charge in [-0.3, -0.25) is 4.79 Å². The molecular formula is C14H25N2O2+. The number of hydrogen-bond donors (Lipinski definition) is 0. The molecule has 0 atom stereocenters. The van der Waals surface area contributed by atoms with Crippen molar-refractivity contribution in [1.29, 1.82) is 0 Å². The van der Waals surface area contributed by atoms with Gasteiger partial charge in [0.2, 0.25) is 6.33 Å². The van der Waals surface area contributed by atoms with Gasteiger partial charge >= 0.3 is 5.97 Å². The summed E-state index contributed by atoms with van der Waals surface area (Å²) in [6.07, 6.45) is 10.4. The van der Waals surface area contributed by atoms with Gasteiger partial charge in [-0.15, -0.1) is 0 Å². The first-order valence-electron chi connectivity index (χ1n) is 6.78. The zero-order valence-electron chi connectivity index (χ0n) is 11.8. The Bertz CT molecular complexity index is 372. The molecule has 0 fully saturated rings. The van der Waals surface area contributed by atoms with Crippen LogP contribution in [0.1, 0.15) is 44.7 Å². The van der Waals surface area contributed by atoms with Crippen LogP contribution in [0.5, 0.6) is 0 Å². The lowest BCUT2D eigenvalue weighted by Crippen LogP contribution is -2.23. The van der Waals surface area contributed by atoms with Crippen molar-refractivity contribution in [2.24, 2.45) is 7.05 Å². The lowest BCUT2D eigenvalue weighted by molar-refractivity contribution is -0.671. The topological polar surface area (TPSA) is 35.1 Å². The highest BCUT2D eigenvalue weighted by Gasteiger charge is 2.13. The van der Waals surface area contributed by atoms with Crippen LogP contribution in [-0.4, -0.2) is 17.6 Å². The smallest absolute Gasteiger partial charge is 0.305 e. The van der Waals surface area contributed by atoms with Crippen molar-refractivity contribution in [2.45, 2.75) is 52.0 Å². The number of carbonyl (C=O) groups is 1. The van der Waals surface area contributed by atoms with Gasteiger partial charge in [-0.05, 0) is 12.8 Å². The summed E-state index contributed by atoms with van der Waals surface area (Å²) in [5.41, 5.74) is 1.21. The van der Waals surface area contributed by atoms with Gasteiger partial charge in [-0.2, -0.15) is 0 Å². The number of methoxy groups -OCH3 is 1. The van der Waals surface area contributed by atoms with E-state index >= 15 is 0 Å². The van der Waals surface area contributed by atoms with E-state index in [4.69, 9.17) is 0 Å². The number of imidazole rings is 1. The molecule has 4 nitrogen and oxygen atoms in total. The molecule has 102 valence electrons. The molecule has 0 unspecified atom stereocenters. The molecule has 0 aliphatic carbocycles. The SMILES string of the molecule is CCCCCCn1c[n+](C)cc1CCC(=O)OC. The fourth-order valence-electron chi connectivity index (χ4n) is 2.09. The summed E-state index contributed by atoms with van der Waals surface area (Å²) in [6.45, 7) is 3.26. The van der Waals surface area contributed by atoms with Crippen LogP contribution in [0.25, 0.3) is 0 Å². The van der Waals surface area contributed by atoms with Crippen LogP contribution in [0.2, 0.25) is 0 Å². The normalized spacial score (nSPS) is 10.6. The van der Waals surface area contributed by atoms with Crippen LogP contribution in [0.4, 0.5) is 0 Å². The minimum atomic E-state index is -0.142. The van der Waals surface area contributed by atoms with Gasteiger partial charge in [0.05, 0.1) is 27.1 Å². The summed E-state index contributed by atoms with van der Waals surface area (Å²) >= 11 is 0. The molecule has 1 heterocycles. The Morgan fingerprint density at radius 3 is 2.83 bits per heavy atom. The van der Waals surface area contributed by atoms with Gasteiger partial charge in [0.25, 0.3) is 0 Å². The van der Waals surface area contributed by atoms with E-state index in [1.165, 1.54) is 38.5 Å². The van der Waals surface area contributed by atoms with Crippen molar-refractivity contribution < 1.29 is 14.1 Å². The summed E-state index contributed by atoms with van der Waals surface area (Å²) in [4.78, 5) is 11.2. The Hall–Kier alpha value is -1.32. The molecule has 4 heteroatoms. The van der Waals surface area contributed by atoms with E-state index in [0.29, 0.717) is 6.42 Å². The number of nitrogens with zero attached hydrogens (tertiary/aromatic N) is 2. The molecule has 0 radical (unpaired) electrons. The second-order valence-corrected chi connectivity index (χ2v) is 4.73. The maximum atomic E-state index is 11.2. The molecule has 0 bridgehead atoms. The molecule has 1 rings (SSSR count). The third-order valence-corrected chi connectivity index (χ3v) is 3.11. The monoisotopic (exact) mass is 253 g/mol. The number of unbranched alkanes of at least 4 members (excludes halogenated alkanes) is 3. The minimum Gasteiger partial charge on any atom is -0.469 e. The molecule has 0 aliphatic heterocycles. The third-order valence-electron chi connectivity index (χ3n) is 3.11. The Labute approximate surface area is 110 Å². The second-order valence-electron chi connectivity index (χ2n) is 4.73. The largest absolute Gasteiger partial charge is 0.469 e. The van der Waals surface area contributed by atoms with Crippen molar-refractivity contribution in [1.82, 2.24) is 4.57 Å². The highest BCUT2D eigenvalue weighted by atomic mass is 16.5. The van der Waals surface area contributed by atoms with Gasteiger partial charge in [0.1, 0.15) is 11.9 Å². The Balaban J connectivity index is 2.48. The van der Waals surface area contributed by atoms with E-state index in [2.05, 4.69) is 28.8 Å². The molecule has 0 aliphatic rings. The van der Waals surface area contributed by atoms with Crippen molar-refractivity contribution in [3.05, 3.63) is 18.2 Å². The molecule has 0 aromatic carbocycles. The maximum absolute atomic E-state index is 11.2. The summed E-state index contributed by atoms with van der Waals surface area (Å²) < 4.78 is 8.97. The van der Waals surface area contributed by atoms with Gasteiger partial charge in [0, 0.05) is 6.42 Å². The Morgan fingerprint density at radius 1 is 1.39 bits per heavy atom. The molecular weight excluding hydrogens is 228 g/mol. The third kappa shape index (κ3) is 4.90. The zero-order valence-corrected chi connectivity index (χ0v) is 11.8. The lowest BCUT2D eigenvalue weighted by Gasteiger charge is -2.01. The molecule has 0 N–H and O–H groups in total. The van der Waals surface area contributed by atoms with E-state index in [1.807, 2.05) is 11.6 Å². The Kier molecular flexibility index (Phi) is 6.47. The maximum Gasteiger partial charge on any atom is 0.305 e. The highest BCUT2D eigenvalue weighted by molar-refractivity contribution is 5.69. The summed E-state index contributed by atoms with van der Waals surface area (Å²) in [6, 6.07) is 0. The van der Waals surface area contributed by atoms with E-state index in [1.54, 1.807) is 0 Å². The van der Waals surface area contributed by atoms with Crippen molar-refractivity contribution in [3.8, 4) is 0 Å². The number of ether oxygens (including phenoxy) is 1. The molecule has 0 saturated carbocycles. The predicted molar refractivity (Wildman–Crippen MR) is 70.1 cm³/mol. The summed E-state index contributed by atoms with van der Waals surface area (Å²) in [7, 11) is 3.45. The first kappa shape index (κ1) is 14.7. The molecule has 0 saturated heterocycles. The van der Waals surface area contributed by atoms with E-state index in [9.17, 15) is 4.79 Å². The van der Waals surface area contributed by atoms with Crippen molar-refractivity contribution >= 4 is 5.97 Å². The summed E-state index contributed by atoms with van der Waals surface area (Å²) in [5, 5.41) is 0. The van der Waals surface area contributed by atoms with E-state index in [0.717, 1.165) is 13.0 Å². The molecule has 0 amide bonds. The van der Waals surface area contributed by atoms with Gasteiger partial charge in [0.15, 0.2) is 0 Å². The van der Waals surface area contributed by atoms with Crippen LogP contribution >= 0.6 is 0 Å². The molecule has 0 spiro atoms. The first-order valence-corrected chi connectivity index (χ1v) is 6.78. The van der Waals surface area contributed by atoms with Crippen LogP contribution in [0.15, 0.2) is 12.5 Å². The average molecular weight is 253 g/mol. The van der Waals surface area contributed by atoms with Crippen LogP contribution in [-0.2, 0) is 29.5 Å². The number of carbonyl (C=O) groups excluding carboxylic acids is 1. The fraction of sp³-hybridized carbons (Fsp3) is 0.714. The number of aryl methyl sites for hydroxylation is 3. The number of esters is 1. The second kappa shape index (κ2) is 7.90. The fourth-order valence-corrected chi connectivity index (χ4v) is 2.09. The predicted octanol–water partition coefficient (Wildman–Crippen LogP) is 2.00. The van der Waals surface area contributed by atoms with Gasteiger partial charge in [-0.25, -0.2) is 9.13 Å². The van der Waals surface area contributed by atoms with E-state index in [-0.39, 0.29) is 5.97 Å². The van der Waals surface area contributed by atoms with Crippen LogP contribution in [0, 0.1) is 0 Å². The standard InChI is InChI=1S/C14H25N2O2/c1-4-5-6-7-10-16-12-15(2)11-13(16)8-9-14(17)18-3/h11-12H,4-10H2,1-3H3/q+1. The quantitative estimate of drug-likeness (QED) is 0.403. The van der Waals surface area contributed by atoms with Gasteiger partial charge < -0.3 is 4.74 Å².